The standard InChI is InChI=1S/C24H30N4O2/c1-17(29)23(18-7-3-2-4-8-18)28-15-21(16-28)26-22(30)11-5-10-20-13-12-19-9-6-14-25-24(19)27-20/h2-4,7-8,12-13,21,23H,5-6,9-11,14-16H2,1H3,(H,25,27)(H,26,30)/t23-/m0/s1. The number of ketones is 1. The third-order valence-electron chi connectivity index (χ3n) is 5.93. The topological polar surface area (TPSA) is 74.3 Å². The van der Waals surface area contributed by atoms with Crippen LogP contribution in [0.2, 0.25) is 0 Å². The van der Waals surface area contributed by atoms with Crippen LogP contribution >= 0.6 is 0 Å². The molecule has 6 nitrogen and oxygen atoms in total. The van der Waals surface area contributed by atoms with Gasteiger partial charge in [-0.15, -0.1) is 0 Å². The van der Waals surface area contributed by atoms with E-state index in [1.807, 2.05) is 30.3 Å². The number of amides is 1. The van der Waals surface area contributed by atoms with Gasteiger partial charge in [-0.1, -0.05) is 36.4 Å². The molecule has 30 heavy (non-hydrogen) atoms. The van der Waals surface area contributed by atoms with E-state index in [0.29, 0.717) is 19.5 Å². The molecular formula is C24H30N4O2. The second-order valence-corrected chi connectivity index (χ2v) is 8.34. The molecule has 0 spiro atoms. The maximum atomic E-state index is 12.3. The Kier molecular flexibility index (Phi) is 6.43. The first-order valence-corrected chi connectivity index (χ1v) is 10.9. The van der Waals surface area contributed by atoms with Gasteiger partial charge in [0.05, 0.1) is 12.1 Å². The smallest absolute Gasteiger partial charge is 0.220 e. The number of carbonyl (C=O) groups is 2. The van der Waals surface area contributed by atoms with Crippen molar-refractivity contribution in [2.24, 2.45) is 0 Å². The minimum atomic E-state index is -0.219. The molecule has 0 aliphatic carbocycles. The van der Waals surface area contributed by atoms with Crippen LogP contribution in [0.1, 0.15) is 49.0 Å². The highest BCUT2D eigenvalue weighted by atomic mass is 16.1. The zero-order valence-electron chi connectivity index (χ0n) is 17.6. The van der Waals surface area contributed by atoms with Gasteiger partial charge in [0.25, 0.3) is 0 Å². The quantitative estimate of drug-likeness (QED) is 0.705. The molecule has 1 atom stereocenters. The SMILES string of the molecule is CC(=O)[C@@H](c1ccccc1)N1CC(NC(=O)CCCc2ccc3c(n2)NCCC3)C1. The number of anilines is 1. The summed E-state index contributed by atoms with van der Waals surface area (Å²) in [5, 5.41) is 6.46. The number of likely N-dealkylation sites (tertiary alicyclic amines) is 1. The number of benzene rings is 1. The maximum absolute atomic E-state index is 12.3. The van der Waals surface area contributed by atoms with Gasteiger partial charge in [0, 0.05) is 31.7 Å². The minimum Gasteiger partial charge on any atom is -0.370 e. The van der Waals surface area contributed by atoms with Gasteiger partial charge in [-0.3, -0.25) is 14.5 Å². The van der Waals surface area contributed by atoms with Gasteiger partial charge in [0.15, 0.2) is 5.78 Å². The number of pyridine rings is 1. The van der Waals surface area contributed by atoms with E-state index in [2.05, 4.69) is 27.7 Å². The average molecular weight is 407 g/mol. The van der Waals surface area contributed by atoms with Crippen molar-refractivity contribution in [2.45, 2.75) is 51.1 Å². The van der Waals surface area contributed by atoms with Crippen molar-refractivity contribution in [2.75, 3.05) is 25.0 Å². The Morgan fingerprint density at radius 2 is 2.00 bits per heavy atom. The van der Waals surface area contributed by atoms with E-state index in [4.69, 9.17) is 4.98 Å². The third kappa shape index (κ3) is 4.87. The molecule has 158 valence electrons. The van der Waals surface area contributed by atoms with Crippen molar-refractivity contribution in [3.63, 3.8) is 0 Å². The molecule has 0 bridgehead atoms. The van der Waals surface area contributed by atoms with Crippen LogP contribution in [0.15, 0.2) is 42.5 Å². The van der Waals surface area contributed by atoms with E-state index in [0.717, 1.165) is 49.3 Å². The number of aryl methyl sites for hydroxylation is 2. The Labute approximate surface area is 178 Å². The molecule has 2 aliphatic rings. The number of nitrogens with one attached hydrogen (secondary N) is 2. The molecule has 1 amide bonds. The highest BCUT2D eigenvalue weighted by molar-refractivity contribution is 5.83. The lowest BCUT2D eigenvalue weighted by molar-refractivity contribution is -0.126. The largest absolute Gasteiger partial charge is 0.370 e. The lowest BCUT2D eigenvalue weighted by Gasteiger charge is -2.43. The molecule has 2 N–H and O–H groups in total. The molecule has 0 saturated carbocycles. The van der Waals surface area contributed by atoms with Crippen LogP contribution in [0.5, 0.6) is 0 Å². The molecule has 0 radical (unpaired) electrons. The first kappa shape index (κ1) is 20.5. The van der Waals surface area contributed by atoms with Gasteiger partial charge in [-0.05, 0) is 49.8 Å². The van der Waals surface area contributed by atoms with Crippen LogP contribution in [0, 0.1) is 0 Å². The second-order valence-electron chi connectivity index (χ2n) is 8.34. The Balaban J connectivity index is 1.20. The van der Waals surface area contributed by atoms with Crippen LogP contribution in [-0.4, -0.2) is 47.3 Å². The summed E-state index contributed by atoms with van der Waals surface area (Å²) >= 11 is 0. The predicted octanol–water partition coefficient (Wildman–Crippen LogP) is 2.89. The summed E-state index contributed by atoms with van der Waals surface area (Å²) in [6, 6.07) is 14.0. The van der Waals surface area contributed by atoms with E-state index in [9.17, 15) is 9.59 Å². The van der Waals surface area contributed by atoms with Gasteiger partial charge < -0.3 is 10.6 Å². The Morgan fingerprint density at radius 1 is 1.20 bits per heavy atom. The van der Waals surface area contributed by atoms with Crippen LogP contribution in [-0.2, 0) is 22.4 Å². The zero-order chi connectivity index (χ0) is 20.9. The van der Waals surface area contributed by atoms with Gasteiger partial charge in [0.2, 0.25) is 5.91 Å². The molecule has 1 aromatic carbocycles. The number of carbonyl (C=O) groups excluding carboxylic acids is 2. The van der Waals surface area contributed by atoms with Gasteiger partial charge in [-0.2, -0.15) is 0 Å². The Bertz CT molecular complexity index is 893. The summed E-state index contributed by atoms with van der Waals surface area (Å²) in [6.07, 6.45) is 4.34. The zero-order valence-corrected chi connectivity index (χ0v) is 17.6. The molecule has 3 heterocycles. The number of hydrogen-bond donors (Lipinski definition) is 2. The minimum absolute atomic E-state index is 0.0785. The highest BCUT2D eigenvalue weighted by Gasteiger charge is 2.35. The molecule has 4 rings (SSSR count). The molecule has 2 aliphatic heterocycles. The van der Waals surface area contributed by atoms with E-state index < -0.39 is 0 Å². The number of fused-ring (bicyclic) bond motifs is 1. The average Bonchev–Trinajstić information content (AvgIpc) is 2.72. The highest BCUT2D eigenvalue weighted by Crippen LogP contribution is 2.27. The number of nitrogens with zero attached hydrogens (tertiary/aromatic N) is 2. The van der Waals surface area contributed by atoms with E-state index in [1.54, 1.807) is 6.92 Å². The maximum Gasteiger partial charge on any atom is 0.220 e. The first-order valence-electron chi connectivity index (χ1n) is 10.9. The van der Waals surface area contributed by atoms with Gasteiger partial charge in [-0.25, -0.2) is 4.98 Å². The second kappa shape index (κ2) is 9.39. The number of hydrogen-bond acceptors (Lipinski definition) is 5. The Morgan fingerprint density at radius 3 is 2.77 bits per heavy atom. The summed E-state index contributed by atoms with van der Waals surface area (Å²) in [5.74, 6) is 1.23. The van der Waals surface area contributed by atoms with Crippen molar-refractivity contribution in [3.8, 4) is 0 Å². The summed E-state index contributed by atoms with van der Waals surface area (Å²) < 4.78 is 0. The molecule has 6 heteroatoms. The fraction of sp³-hybridized carbons (Fsp3) is 0.458. The van der Waals surface area contributed by atoms with Crippen molar-refractivity contribution in [1.82, 2.24) is 15.2 Å². The summed E-state index contributed by atoms with van der Waals surface area (Å²) in [7, 11) is 0. The normalized spacial score (nSPS) is 17.4. The van der Waals surface area contributed by atoms with Crippen molar-refractivity contribution < 1.29 is 9.59 Å². The van der Waals surface area contributed by atoms with E-state index >= 15 is 0 Å². The molecule has 1 aromatic heterocycles. The predicted molar refractivity (Wildman–Crippen MR) is 117 cm³/mol. The molecular weight excluding hydrogens is 376 g/mol. The van der Waals surface area contributed by atoms with Crippen LogP contribution in [0.25, 0.3) is 0 Å². The van der Waals surface area contributed by atoms with Crippen molar-refractivity contribution in [3.05, 3.63) is 59.3 Å². The number of aromatic nitrogens is 1. The number of Topliss-reactive ketones (excluding diaryl/α,β-unsaturated/α-hetero) is 1. The van der Waals surface area contributed by atoms with E-state index in [-0.39, 0.29) is 23.8 Å². The monoisotopic (exact) mass is 406 g/mol. The van der Waals surface area contributed by atoms with Gasteiger partial charge in [0.1, 0.15) is 5.82 Å². The third-order valence-corrected chi connectivity index (χ3v) is 5.93. The summed E-state index contributed by atoms with van der Waals surface area (Å²) in [4.78, 5) is 31.3. The fourth-order valence-corrected chi connectivity index (χ4v) is 4.39. The van der Waals surface area contributed by atoms with Crippen molar-refractivity contribution in [1.29, 1.82) is 0 Å². The lowest BCUT2D eigenvalue weighted by atomic mass is 9.96. The lowest BCUT2D eigenvalue weighted by Crippen LogP contribution is -2.60. The van der Waals surface area contributed by atoms with Crippen LogP contribution in [0.3, 0.4) is 0 Å². The van der Waals surface area contributed by atoms with Crippen molar-refractivity contribution >= 4 is 17.5 Å². The molecule has 1 saturated heterocycles. The first-order chi connectivity index (χ1) is 14.6. The van der Waals surface area contributed by atoms with Crippen LogP contribution in [0.4, 0.5) is 5.82 Å². The summed E-state index contributed by atoms with van der Waals surface area (Å²) in [6.45, 7) is 4.04. The van der Waals surface area contributed by atoms with Crippen LogP contribution < -0.4 is 10.6 Å². The Hall–Kier alpha value is -2.73. The fourth-order valence-electron chi connectivity index (χ4n) is 4.39. The molecule has 0 unspecified atom stereocenters. The van der Waals surface area contributed by atoms with Gasteiger partial charge >= 0.3 is 0 Å². The molecule has 2 aromatic rings. The summed E-state index contributed by atoms with van der Waals surface area (Å²) in [5.41, 5.74) is 3.34. The van der Waals surface area contributed by atoms with E-state index in [1.165, 1.54) is 5.56 Å². The number of rotatable bonds is 8. The molecule has 1 fully saturated rings.